The molecule has 2 unspecified atom stereocenters. The molecular weight excluding hydrogens is 240 g/mol. The van der Waals surface area contributed by atoms with E-state index < -0.39 is 16.4 Å². The van der Waals surface area contributed by atoms with Gasteiger partial charge in [-0.1, -0.05) is 30.3 Å². The van der Waals surface area contributed by atoms with Gasteiger partial charge in [0.1, 0.15) is 4.87 Å². The van der Waals surface area contributed by atoms with E-state index in [1.54, 1.807) is 38.1 Å². The monoisotopic (exact) mass is 256 g/mol. The molecule has 0 aliphatic heterocycles. The van der Waals surface area contributed by atoms with Crippen LogP contribution in [0.15, 0.2) is 30.3 Å². The Labute approximate surface area is 106 Å². The molecule has 0 radical (unpaired) electrons. The van der Waals surface area contributed by atoms with Crippen LogP contribution >= 0.6 is 11.6 Å². The van der Waals surface area contributed by atoms with E-state index in [4.69, 9.17) is 16.3 Å². The molecule has 17 heavy (non-hydrogen) atoms. The van der Waals surface area contributed by atoms with Crippen LogP contribution in [0.1, 0.15) is 26.3 Å². The van der Waals surface area contributed by atoms with Gasteiger partial charge in [0.25, 0.3) is 0 Å². The average Bonchev–Trinajstić information content (AvgIpc) is 2.30. The fourth-order valence-corrected chi connectivity index (χ4v) is 1.70. The number of hydrogen-bond donors (Lipinski definition) is 1. The van der Waals surface area contributed by atoms with E-state index in [1.807, 2.05) is 6.07 Å². The molecule has 0 aromatic heterocycles. The molecule has 0 spiro atoms. The van der Waals surface area contributed by atoms with E-state index >= 15 is 0 Å². The number of benzene rings is 1. The normalized spacial score (nSPS) is 17.9. The van der Waals surface area contributed by atoms with Crippen LogP contribution in [0.25, 0.3) is 0 Å². The maximum atomic E-state index is 11.7. The summed E-state index contributed by atoms with van der Waals surface area (Å²) in [5.41, 5.74) is -1.12. The minimum absolute atomic E-state index is 0.205. The molecule has 0 aliphatic rings. The van der Waals surface area contributed by atoms with Crippen molar-refractivity contribution in [1.82, 2.24) is 0 Å². The molecule has 0 saturated carbocycles. The summed E-state index contributed by atoms with van der Waals surface area (Å²) in [5.74, 6) is -0.721. The summed E-state index contributed by atoms with van der Waals surface area (Å²) in [5, 5.41) is 10.3. The number of rotatable bonds is 4. The van der Waals surface area contributed by atoms with Crippen LogP contribution in [0, 0.1) is 0 Å². The van der Waals surface area contributed by atoms with E-state index in [-0.39, 0.29) is 6.61 Å². The van der Waals surface area contributed by atoms with Gasteiger partial charge >= 0.3 is 5.97 Å². The highest BCUT2D eigenvalue weighted by molar-refractivity contribution is 6.26. The predicted octanol–water partition coefficient (Wildman–Crippen LogP) is 2.45. The van der Waals surface area contributed by atoms with Crippen molar-refractivity contribution in [3.8, 4) is 0 Å². The molecule has 0 saturated heterocycles. The Balaban J connectivity index is 3.08. The Hall–Kier alpha value is -1.06. The minimum atomic E-state index is -1.79. The summed E-state index contributed by atoms with van der Waals surface area (Å²) < 4.78 is 4.84. The number of halogens is 1. The van der Waals surface area contributed by atoms with E-state index in [1.165, 1.54) is 6.92 Å². The van der Waals surface area contributed by atoms with Crippen molar-refractivity contribution in [1.29, 1.82) is 0 Å². The number of esters is 1. The molecule has 0 heterocycles. The van der Waals surface area contributed by atoms with Crippen LogP contribution in [0.4, 0.5) is 0 Å². The molecule has 0 amide bonds. The molecule has 1 N–H and O–H groups in total. The van der Waals surface area contributed by atoms with Crippen molar-refractivity contribution in [2.24, 2.45) is 0 Å². The van der Waals surface area contributed by atoms with Gasteiger partial charge in [0, 0.05) is 0 Å². The fraction of sp³-hybridized carbons (Fsp3) is 0.462. The lowest BCUT2D eigenvalue weighted by Crippen LogP contribution is -2.51. The second-order valence-corrected chi connectivity index (χ2v) is 4.92. The lowest BCUT2D eigenvalue weighted by molar-refractivity contribution is -0.167. The van der Waals surface area contributed by atoms with Gasteiger partial charge in [-0.3, -0.25) is 0 Å². The van der Waals surface area contributed by atoms with E-state index in [2.05, 4.69) is 0 Å². The predicted molar refractivity (Wildman–Crippen MR) is 66.9 cm³/mol. The van der Waals surface area contributed by atoms with Crippen LogP contribution < -0.4 is 0 Å². The first-order valence-corrected chi connectivity index (χ1v) is 5.86. The van der Waals surface area contributed by atoms with E-state index in [0.29, 0.717) is 5.56 Å². The largest absolute Gasteiger partial charge is 0.464 e. The SMILES string of the molecule is CCOC(=O)C(C)(O)C(C)(Cl)c1ccccc1. The standard InChI is InChI=1S/C13H17ClO3/c1-4-17-11(15)13(3,16)12(2,14)10-8-6-5-7-9-10/h5-9,16H,4H2,1-3H3. The summed E-state index contributed by atoms with van der Waals surface area (Å²) in [6.07, 6.45) is 0. The molecule has 1 aromatic carbocycles. The third kappa shape index (κ3) is 2.61. The Kier molecular flexibility index (Phi) is 4.17. The highest BCUT2D eigenvalue weighted by Gasteiger charge is 2.50. The van der Waals surface area contributed by atoms with Crippen LogP contribution in [0.5, 0.6) is 0 Å². The average molecular weight is 257 g/mol. The zero-order valence-electron chi connectivity index (χ0n) is 10.2. The topological polar surface area (TPSA) is 46.5 Å². The van der Waals surface area contributed by atoms with Gasteiger partial charge in [0.2, 0.25) is 0 Å². The molecule has 3 nitrogen and oxygen atoms in total. The number of carbonyl (C=O) groups is 1. The number of ether oxygens (including phenoxy) is 1. The van der Waals surface area contributed by atoms with Crippen molar-refractivity contribution in [3.05, 3.63) is 35.9 Å². The Morgan fingerprint density at radius 2 is 1.88 bits per heavy atom. The molecule has 1 rings (SSSR count). The minimum Gasteiger partial charge on any atom is -0.464 e. The lowest BCUT2D eigenvalue weighted by atomic mass is 9.84. The summed E-state index contributed by atoms with van der Waals surface area (Å²) in [7, 11) is 0. The first kappa shape index (κ1) is 14.0. The van der Waals surface area contributed by atoms with Crippen LogP contribution in [-0.4, -0.2) is 23.3 Å². The van der Waals surface area contributed by atoms with Gasteiger partial charge in [-0.15, -0.1) is 11.6 Å². The second kappa shape index (κ2) is 5.07. The highest BCUT2D eigenvalue weighted by Crippen LogP contribution is 2.39. The van der Waals surface area contributed by atoms with Gasteiger partial charge < -0.3 is 9.84 Å². The summed E-state index contributed by atoms with van der Waals surface area (Å²) in [6, 6.07) is 8.98. The Morgan fingerprint density at radius 3 is 2.35 bits per heavy atom. The highest BCUT2D eigenvalue weighted by atomic mass is 35.5. The molecule has 4 heteroatoms. The van der Waals surface area contributed by atoms with Gasteiger partial charge in [-0.05, 0) is 26.3 Å². The lowest BCUT2D eigenvalue weighted by Gasteiger charge is -2.35. The van der Waals surface area contributed by atoms with E-state index in [9.17, 15) is 9.90 Å². The molecule has 94 valence electrons. The second-order valence-electron chi connectivity index (χ2n) is 4.16. The zero-order valence-corrected chi connectivity index (χ0v) is 11.0. The molecule has 1 aromatic rings. The van der Waals surface area contributed by atoms with Crippen molar-refractivity contribution >= 4 is 17.6 Å². The van der Waals surface area contributed by atoms with Crippen molar-refractivity contribution < 1.29 is 14.6 Å². The smallest absolute Gasteiger partial charge is 0.340 e. The molecular formula is C13H17ClO3. The molecule has 0 bridgehead atoms. The number of aliphatic hydroxyl groups is 1. The van der Waals surface area contributed by atoms with Crippen molar-refractivity contribution in [2.45, 2.75) is 31.2 Å². The zero-order chi connectivity index (χ0) is 13.1. The third-order valence-electron chi connectivity index (χ3n) is 2.90. The Bertz CT molecular complexity index is 385. The van der Waals surface area contributed by atoms with Crippen LogP contribution in [0.2, 0.25) is 0 Å². The van der Waals surface area contributed by atoms with Crippen molar-refractivity contribution in [2.75, 3.05) is 6.61 Å². The first-order valence-electron chi connectivity index (χ1n) is 5.48. The van der Waals surface area contributed by atoms with Gasteiger partial charge in [-0.25, -0.2) is 4.79 Å². The van der Waals surface area contributed by atoms with Crippen LogP contribution in [-0.2, 0) is 14.4 Å². The van der Waals surface area contributed by atoms with Gasteiger partial charge in [-0.2, -0.15) is 0 Å². The summed E-state index contributed by atoms with van der Waals surface area (Å²) >= 11 is 6.33. The number of alkyl halides is 1. The molecule has 2 atom stereocenters. The summed E-state index contributed by atoms with van der Waals surface area (Å²) in [6.45, 7) is 4.85. The maximum absolute atomic E-state index is 11.7. The fourth-order valence-electron chi connectivity index (χ4n) is 1.50. The molecule has 0 fully saturated rings. The maximum Gasteiger partial charge on any atom is 0.340 e. The Morgan fingerprint density at radius 1 is 1.35 bits per heavy atom. The summed E-state index contributed by atoms with van der Waals surface area (Å²) in [4.78, 5) is 10.5. The first-order chi connectivity index (χ1) is 7.84. The van der Waals surface area contributed by atoms with Crippen LogP contribution in [0.3, 0.4) is 0 Å². The third-order valence-corrected chi connectivity index (χ3v) is 3.49. The van der Waals surface area contributed by atoms with Crippen molar-refractivity contribution in [3.63, 3.8) is 0 Å². The quantitative estimate of drug-likeness (QED) is 0.665. The van der Waals surface area contributed by atoms with Gasteiger partial charge in [0.15, 0.2) is 5.60 Å². The number of hydrogen-bond acceptors (Lipinski definition) is 3. The number of carbonyl (C=O) groups excluding carboxylic acids is 1. The van der Waals surface area contributed by atoms with Gasteiger partial charge in [0.05, 0.1) is 6.61 Å². The van der Waals surface area contributed by atoms with E-state index in [0.717, 1.165) is 0 Å². The molecule has 0 aliphatic carbocycles.